The molecule has 0 fully saturated rings. The zero-order chi connectivity index (χ0) is 13.0. The summed E-state index contributed by atoms with van der Waals surface area (Å²) in [6.45, 7) is 3.93. The average Bonchev–Trinajstić information content (AvgIpc) is 3.00. The summed E-state index contributed by atoms with van der Waals surface area (Å²) in [6, 6.07) is -0.163. The van der Waals surface area contributed by atoms with Gasteiger partial charge in [-0.05, 0) is 24.9 Å². The van der Waals surface area contributed by atoms with Gasteiger partial charge >= 0.3 is 0 Å². The van der Waals surface area contributed by atoms with E-state index in [1.807, 2.05) is 13.8 Å². The van der Waals surface area contributed by atoms with Crippen molar-refractivity contribution in [1.29, 1.82) is 0 Å². The molecule has 1 atom stereocenters. The highest BCUT2D eigenvalue weighted by molar-refractivity contribution is 7.08. The van der Waals surface area contributed by atoms with E-state index in [1.165, 1.54) is 0 Å². The van der Waals surface area contributed by atoms with Crippen molar-refractivity contribution < 1.29 is 4.79 Å². The molecule has 1 unspecified atom stereocenters. The zero-order valence-electron chi connectivity index (χ0n) is 10.3. The molecule has 96 valence electrons. The molecule has 0 aliphatic heterocycles. The van der Waals surface area contributed by atoms with Crippen molar-refractivity contribution in [3.05, 3.63) is 28.8 Å². The second-order valence-corrected chi connectivity index (χ2v) is 4.72. The molecule has 2 aromatic heterocycles. The van der Waals surface area contributed by atoms with Gasteiger partial charge in [0.05, 0.1) is 11.7 Å². The maximum atomic E-state index is 12.1. The molecule has 2 rings (SSSR count). The smallest absolute Gasteiger partial charge is 0.265 e. The van der Waals surface area contributed by atoms with Crippen molar-refractivity contribution in [1.82, 2.24) is 24.9 Å². The van der Waals surface area contributed by atoms with Gasteiger partial charge in [0, 0.05) is 12.4 Å². The van der Waals surface area contributed by atoms with Gasteiger partial charge in [0.25, 0.3) is 5.91 Å². The summed E-state index contributed by atoms with van der Waals surface area (Å²) in [4.78, 5) is 19.8. The van der Waals surface area contributed by atoms with E-state index in [-0.39, 0.29) is 11.9 Å². The lowest BCUT2D eigenvalue weighted by molar-refractivity contribution is 0.0941. The predicted molar refractivity (Wildman–Crippen MR) is 68.4 cm³/mol. The Kier molecular flexibility index (Phi) is 4.03. The van der Waals surface area contributed by atoms with Crippen LogP contribution in [0.2, 0.25) is 0 Å². The summed E-state index contributed by atoms with van der Waals surface area (Å²) in [6.07, 6.45) is 5.11. The lowest BCUT2D eigenvalue weighted by Gasteiger charge is -2.10. The molecule has 0 saturated carbocycles. The first-order valence-electron chi connectivity index (χ1n) is 5.83. The van der Waals surface area contributed by atoms with Crippen molar-refractivity contribution >= 4 is 17.4 Å². The number of carbonyl (C=O) groups excluding carboxylic acids is 1. The van der Waals surface area contributed by atoms with Gasteiger partial charge in [0.15, 0.2) is 0 Å². The molecule has 0 bridgehead atoms. The topological polar surface area (TPSA) is 83.6 Å². The zero-order valence-corrected chi connectivity index (χ0v) is 11.1. The number of amides is 1. The van der Waals surface area contributed by atoms with Crippen LogP contribution in [0.1, 0.15) is 47.5 Å². The molecule has 2 heterocycles. The Hall–Kier alpha value is -1.76. The van der Waals surface area contributed by atoms with Crippen molar-refractivity contribution in [2.75, 3.05) is 0 Å². The first kappa shape index (κ1) is 12.7. The van der Waals surface area contributed by atoms with E-state index in [0.717, 1.165) is 35.9 Å². The minimum Gasteiger partial charge on any atom is -0.347 e. The van der Waals surface area contributed by atoms with E-state index in [1.54, 1.807) is 12.4 Å². The quantitative estimate of drug-likeness (QED) is 0.862. The highest BCUT2D eigenvalue weighted by Crippen LogP contribution is 2.14. The van der Waals surface area contributed by atoms with E-state index < -0.39 is 0 Å². The maximum Gasteiger partial charge on any atom is 0.265 e. The number of hydrogen-bond donors (Lipinski definition) is 2. The third-order valence-corrected chi connectivity index (χ3v) is 3.29. The Labute approximate surface area is 109 Å². The number of nitrogens with zero attached hydrogens (tertiary/aromatic N) is 3. The van der Waals surface area contributed by atoms with Crippen LogP contribution in [0.15, 0.2) is 12.4 Å². The third kappa shape index (κ3) is 2.73. The summed E-state index contributed by atoms with van der Waals surface area (Å²) in [5, 5.41) is 6.86. The SMILES string of the molecule is CCCc1nnsc1C(=O)NC(C)c1ncc[nH]1. The molecule has 0 aromatic carbocycles. The second kappa shape index (κ2) is 5.72. The molecule has 6 nitrogen and oxygen atoms in total. The maximum absolute atomic E-state index is 12.1. The molecule has 0 spiro atoms. The Morgan fingerprint density at radius 2 is 2.44 bits per heavy atom. The molecule has 2 aromatic rings. The fourth-order valence-electron chi connectivity index (χ4n) is 1.63. The summed E-state index contributed by atoms with van der Waals surface area (Å²) in [5.74, 6) is 0.593. The highest BCUT2D eigenvalue weighted by atomic mass is 32.1. The number of aryl methyl sites for hydroxylation is 1. The molecule has 0 radical (unpaired) electrons. The fourth-order valence-corrected chi connectivity index (χ4v) is 2.24. The lowest BCUT2D eigenvalue weighted by Crippen LogP contribution is -2.27. The number of rotatable bonds is 5. The number of H-pyrrole nitrogens is 1. The van der Waals surface area contributed by atoms with Gasteiger partial charge in [-0.15, -0.1) is 5.10 Å². The fraction of sp³-hybridized carbons (Fsp3) is 0.455. The molecule has 1 amide bonds. The number of carbonyl (C=O) groups is 1. The first-order valence-corrected chi connectivity index (χ1v) is 6.61. The van der Waals surface area contributed by atoms with Gasteiger partial charge < -0.3 is 10.3 Å². The Morgan fingerprint density at radius 1 is 1.61 bits per heavy atom. The van der Waals surface area contributed by atoms with Crippen LogP contribution < -0.4 is 5.32 Å². The molecular weight excluding hydrogens is 250 g/mol. The molecule has 7 heteroatoms. The van der Waals surface area contributed by atoms with Crippen LogP contribution in [-0.4, -0.2) is 25.5 Å². The number of aromatic amines is 1. The van der Waals surface area contributed by atoms with E-state index in [2.05, 4.69) is 24.9 Å². The van der Waals surface area contributed by atoms with Crippen LogP contribution in [0.3, 0.4) is 0 Å². The Balaban J connectivity index is 2.05. The normalized spacial score (nSPS) is 12.3. The van der Waals surface area contributed by atoms with Gasteiger partial charge in [-0.25, -0.2) is 4.98 Å². The molecule has 0 aliphatic carbocycles. The molecule has 18 heavy (non-hydrogen) atoms. The summed E-state index contributed by atoms with van der Waals surface area (Å²) < 4.78 is 3.84. The molecule has 2 N–H and O–H groups in total. The van der Waals surface area contributed by atoms with Crippen molar-refractivity contribution in [2.24, 2.45) is 0 Å². The minimum atomic E-state index is -0.163. The Morgan fingerprint density at radius 3 is 3.11 bits per heavy atom. The van der Waals surface area contributed by atoms with Gasteiger partial charge in [0.1, 0.15) is 10.7 Å². The number of aromatic nitrogens is 4. The van der Waals surface area contributed by atoms with E-state index in [9.17, 15) is 4.79 Å². The van der Waals surface area contributed by atoms with Crippen molar-refractivity contribution in [3.63, 3.8) is 0 Å². The van der Waals surface area contributed by atoms with Crippen molar-refractivity contribution in [3.8, 4) is 0 Å². The minimum absolute atomic E-state index is 0.141. The van der Waals surface area contributed by atoms with Crippen molar-refractivity contribution in [2.45, 2.75) is 32.7 Å². The summed E-state index contributed by atoms with van der Waals surface area (Å²) in [7, 11) is 0. The number of nitrogens with one attached hydrogen (secondary N) is 2. The predicted octanol–water partition coefficient (Wildman–Crippen LogP) is 1.70. The largest absolute Gasteiger partial charge is 0.347 e. The molecular formula is C11H15N5OS. The van der Waals surface area contributed by atoms with Gasteiger partial charge in [-0.2, -0.15) is 0 Å². The van der Waals surface area contributed by atoms with Gasteiger partial charge in [-0.1, -0.05) is 17.8 Å². The van der Waals surface area contributed by atoms with Gasteiger partial charge in [0.2, 0.25) is 0 Å². The monoisotopic (exact) mass is 265 g/mol. The number of hydrogen-bond acceptors (Lipinski definition) is 5. The van der Waals surface area contributed by atoms with Gasteiger partial charge in [-0.3, -0.25) is 4.79 Å². The summed E-state index contributed by atoms with van der Waals surface area (Å²) in [5.41, 5.74) is 0.770. The van der Waals surface area contributed by atoms with Crippen LogP contribution in [0.5, 0.6) is 0 Å². The lowest BCUT2D eigenvalue weighted by atomic mass is 10.2. The van der Waals surface area contributed by atoms with Crippen LogP contribution in [0.4, 0.5) is 0 Å². The molecule has 0 aliphatic rings. The van der Waals surface area contributed by atoms with Crippen LogP contribution in [0.25, 0.3) is 0 Å². The van der Waals surface area contributed by atoms with Crippen LogP contribution in [0, 0.1) is 0 Å². The highest BCUT2D eigenvalue weighted by Gasteiger charge is 2.18. The molecule has 0 saturated heterocycles. The average molecular weight is 265 g/mol. The van der Waals surface area contributed by atoms with E-state index in [0.29, 0.717) is 4.88 Å². The van der Waals surface area contributed by atoms with Crippen LogP contribution in [-0.2, 0) is 6.42 Å². The van der Waals surface area contributed by atoms with E-state index >= 15 is 0 Å². The third-order valence-electron chi connectivity index (χ3n) is 2.53. The standard InChI is InChI=1S/C11H15N5OS/c1-3-4-8-9(18-16-15-8)11(17)14-7(2)10-12-5-6-13-10/h5-7H,3-4H2,1-2H3,(H,12,13)(H,14,17). The van der Waals surface area contributed by atoms with E-state index in [4.69, 9.17) is 0 Å². The number of imidazole rings is 1. The van der Waals surface area contributed by atoms with Crippen LogP contribution >= 0.6 is 11.5 Å². The summed E-state index contributed by atoms with van der Waals surface area (Å²) >= 11 is 1.13. The Bertz CT molecular complexity index is 507. The first-order chi connectivity index (χ1) is 8.72. The second-order valence-electron chi connectivity index (χ2n) is 3.97.